The summed E-state index contributed by atoms with van der Waals surface area (Å²) in [6.07, 6.45) is 2.12. The van der Waals surface area contributed by atoms with Gasteiger partial charge in [0.1, 0.15) is 11.6 Å². The molecule has 1 amide bonds. The molecule has 1 aliphatic heterocycles. The third-order valence-electron chi connectivity index (χ3n) is 7.70. The minimum absolute atomic E-state index is 0.0956. The molecule has 198 valence electrons. The predicted octanol–water partition coefficient (Wildman–Crippen LogP) is 6.14. The van der Waals surface area contributed by atoms with Gasteiger partial charge in [-0.15, -0.1) is 0 Å². The Bertz CT molecular complexity index is 1890. The molecule has 1 atom stereocenters. The summed E-state index contributed by atoms with van der Waals surface area (Å²) in [5.41, 5.74) is 7.20. The van der Waals surface area contributed by atoms with Gasteiger partial charge in [-0.1, -0.05) is 42.5 Å². The van der Waals surface area contributed by atoms with Crippen LogP contribution in [0.5, 0.6) is 5.75 Å². The largest absolute Gasteiger partial charge is 0.508 e. The van der Waals surface area contributed by atoms with E-state index in [0.29, 0.717) is 29.7 Å². The molecule has 0 fully saturated rings. The lowest BCUT2D eigenvalue weighted by Gasteiger charge is -2.15. The van der Waals surface area contributed by atoms with Gasteiger partial charge in [0.05, 0.1) is 6.04 Å². The highest BCUT2D eigenvalue weighted by molar-refractivity contribution is 6.01. The molecule has 1 aliphatic rings. The fraction of sp³-hybridized carbons (Fsp3) is 0.121. The van der Waals surface area contributed by atoms with Gasteiger partial charge >= 0.3 is 0 Å². The van der Waals surface area contributed by atoms with E-state index in [-0.39, 0.29) is 17.5 Å². The van der Waals surface area contributed by atoms with E-state index < -0.39 is 6.04 Å². The topological polar surface area (TPSA) is 82.1 Å². The number of aromatic nitrogens is 2. The highest BCUT2D eigenvalue weighted by Gasteiger charge is 2.33. The van der Waals surface area contributed by atoms with Gasteiger partial charge in [0.2, 0.25) is 0 Å². The quantitative estimate of drug-likeness (QED) is 0.200. The van der Waals surface area contributed by atoms with E-state index in [1.807, 2.05) is 6.07 Å². The first-order valence-electron chi connectivity index (χ1n) is 13.3. The zero-order valence-electron chi connectivity index (χ0n) is 21.6. The number of aromatic amines is 1. The Hall–Kier alpha value is -4.88. The fourth-order valence-corrected chi connectivity index (χ4v) is 5.82. The van der Waals surface area contributed by atoms with Crippen LogP contribution in [-0.4, -0.2) is 20.6 Å². The van der Waals surface area contributed by atoms with Gasteiger partial charge in [0, 0.05) is 59.1 Å². The van der Waals surface area contributed by atoms with Gasteiger partial charge < -0.3 is 25.3 Å². The molecule has 0 spiro atoms. The number of carbonyl (C=O) groups excluding carboxylic acids is 1. The van der Waals surface area contributed by atoms with Crippen molar-refractivity contribution in [1.29, 1.82) is 0 Å². The maximum atomic E-state index is 14.1. The number of H-pyrrole nitrogens is 1. The molecule has 2 aromatic heterocycles. The zero-order valence-corrected chi connectivity index (χ0v) is 21.6. The van der Waals surface area contributed by atoms with E-state index in [0.717, 1.165) is 28.8 Å². The number of fused-ring (bicyclic) bond motifs is 3. The lowest BCUT2D eigenvalue weighted by Crippen LogP contribution is -2.22. The van der Waals surface area contributed by atoms with Crippen molar-refractivity contribution >= 4 is 27.7 Å². The first-order valence-corrected chi connectivity index (χ1v) is 13.3. The van der Waals surface area contributed by atoms with Crippen LogP contribution < -0.4 is 10.6 Å². The summed E-state index contributed by atoms with van der Waals surface area (Å²) in [5.74, 6) is -0.430. The summed E-state index contributed by atoms with van der Waals surface area (Å²) in [7, 11) is 0. The third kappa shape index (κ3) is 4.30. The predicted molar refractivity (Wildman–Crippen MR) is 154 cm³/mol. The number of aromatic hydroxyl groups is 1. The van der Waals surface area contributed by atoms with Crippen molar-refractivity contribution in [3.63, 3.8) is 0 Å². The van der Waals surface area contributed by atoms with Crippen LogP contribution in [0.25, 0.3) is 21.8 Å². The van der Waals surface area contributed by atoms with Crippen LogP contribution in [-0.2, 0) is 19.6 Å². The highest BCUT2D eigenvalue weighted by Crippen LogP contribution is 2.38. The van der Waals surface area contributed by atoms with Crippen LogP contribution in [0.4, 0.5) is 4.39 Å². The smallest absolute Gasteiger partial charge is 0.252 e. The van der Waals surface area contributed by atoms with Crippen LogP contribution in [0, 0.1) is 5.82 Å². The lowest BCUT2D eigenvalue weighted by atomic mass is 9.95. The van der Waals surface area contributed by atoms with Crippen LogP contribution in [0.1, 0.15) is 44.3 Å². The molecule has 0 saturated heterocycles. The normalized spacial score (nSPS) is 14.6. The van der Waals surface area contributed by atoms with E-state index in [4.69, 9.17) is 0 Å². The van der Waals surface area contributed by atoms with Gasteiger partial charge in [-0.2, -0.15) is 0 Å². The van der Waals surface area contributed by atoms with Crippen LogP contribution >= 0.6 is 0 Å². The summed E-state index contributed by atoms with van der Waals surface area (Å²) < 4.78 is 16.4. The van der Waals surface area contributed by atoms with Crippen LogP contribution in [0.2, 0.25) is 0 Å². The minimum Gasteiger partial charge on any atom is -0.508 e. The molecule has 0 saturated carbocycles. The second-order valence-electron chi connectivity index (χ2n) is 10.3. The summed E-state index contributed by atoms with van der Waals surface area (Å²) in [6, 6.07) is 28.0. The van der Waals surface area contributed by atoms with E-state index in [1.165, 1.54) is 34.7 Å². The first-order chi connectivity index (χ1) is 19.5. The van der Waals surface area contributed by atoms with Crippen molar-refractivity contribution in [3.05, 3.63) is 137 Å². The average Bonchev–Trinajstić information content (AvgIpc) is 3.61. The number of nitrogens with zero attached hydrogens (tertiary/aromatic N) is 1. The number of hydrogen-bond donors (Lipinski definition) is 4. The number of phenolic OH excluding ortho intramolecular Hbond substituents is 1. The van der Waals surface area contributed by atoms with Gasteiger partial charge in [-0.3, -0.25) is 4.79 Å². The molecular weight excluding hydrogens is 503 g/mol. The highest BCUT2D eigenvalue weighted by atomic mass is 19.1. The van der Waals surface area contributed by atoms with Gasteiger partial charge in [-0.05, 0) is 70.6 Å². The maximum Gasteiger partial charge on any atom is 0.252 e. The number of carbonyl (C=O) groups is 1. The molecule has 6 aromatic rings. The van der Waals surface area contributed by atoms with Crippen molar-refractivity contribution in [3.8, 4) is 5.75 Å². The zero-order chi connectivity index (χ0) is 27.2. The maximum absolute atomic E-state index is 14.1. The second kappa shape index (κ2) is 9.70. The SMILES string of the molecule is O=C1NC(c2c(CNCc3ccc4ccn(Cc5ccccc5)c4c3)[nH]c3cc(F)ccc23)c2cc(O)ccc21. The van der Waals surface area contributed by atoms with Gasteiger partial charge in [0.25, 0.3) is 5.91 Å². The van der Waals surface area contributed by atoms with Crippen molar-refractivity contribution in [2.24, 2.45) is 0 Å². The van der Waals surface area contributed by atoms with E-state index in [9.17, 15) is 14.3 Å². The van der Waals surface area contributed by atoms with Crippen molar-refractivity contribution in [2.75, 3.05) is 0 Å². The van der Waals surface area contributed by atoms with E-state index in [2.05, 4.69) is 74.9 Å². The molecule has 4 N–H and O–H groups in total. The van der Waals surface area contributed by atoms with Crippen LogP contribution in [0.15, 0.2) is 97.2 Å². The Labute approximate surface area is 230 Å². The second-order valence-corrected chi connectivity index (χ2v) is 10.3. The molecule has 0 radical (unpaired) electrons. The fourth-order valence-electron chi connectivity index (χ4n) is 5.82. The Morgan fingerprint density at radius 3 is 2.65 bits per heavy atom. The van der Waals surface area contributed by atoms with Gasteiger partial charge in [-0.25, -0.2) is 4.39 Å². The molecule has 4 aromatic carbocycles. The summed E-state index contributed by atoms with van der Waals surface area (Å²) in [4.78, 5) is 16.1. The standard InChI is InChI=1S/C33H27FN4O2/c34-23-8-10-26-28(15-23)36-29(31(26)32-27-16-24(39)9-11-25(27)33(40)37-32)18-35-17-21-6-7-22-12-13-38(30(22)14-21)19-20-4-2-1-3-5-20/h1-16,32,35-36,39H,17-19H2,(H,37,40). The van der Waals surface area contributed by atoms with Gasteiger partial charge in [0.15, 0.2) is 0 Å². The average molecular weight is 531 g/mol. The molecular formula is C33H27FN4O2. The van der Waals surface area contributed by atoms with E-state index >= 15 is 0 Å². The number of phenols is 1. The van der Waals surface area contributed by atoms with Crippen molar-refractivity contribution in [2.45, 2.75) is 25.7 Å². The monoisotopic (exact) mass is 530 g/mol. The molecule has 7 rings (SSSR count). The molecule has 0 bridgehead atoms. The van der Waals surface area contributed by atoms with Crippen molar-refractivity contribution in [1.82, 2.24) is 20.2 Å². The molecule has 7 heteroatoms. The number of benzene rings is 4. The number of rotatable bonds is 7. The van der Waals surface area contributed by atoms with Crippen molar-refractivity contribution < 1.29 is 14.3 Å². The third-order valence-corrected chi connectivity index (χ3v) is 7.70. The molecule has 0 aliphatic carbocycles. The molecule has 1 unspecified atom stereocenters. The van der Waals surface area contributed by atoms with Crippen LogP contribution in [0.3, 0.4) is 0 Å². The Morgan fingerprint density at radius 2 is 1.77 bits per heavy atom. The Balaban J connectivity index is 1.17. The molecule has 3 heterocycles. The summed E-state index contributed by atoms with van der Waals surface area (Å²) in [6.45, 7) is 1.92. The number of amides is 1. The number of nitrogens with one attached hydrogen (secondary N) is 3. The Morgan fingerprint density at radius 1 is 0.900 bits per heavy atom. The first kappa shape index (κ1) is 24.2. The van der Waals surface area contributed by atoms with E-state index in [1.54, 1.807) is 18.2 Å². The minimum atomic E-state index is -0.455. The lowest BCUT2D eigenvalue weighted by molar-refractivity contribution is 0.0960. The number of halogens is 1. The number of hydrogen-bond acceptors (Lipinski definition) is 3. The molecule has 40 heavy (non-hydrogen) atoms. The summed E-state index contributed by atoms with van der Waals surface area (Å²) >= 11 is 0. The summed E-state index contributed by atoms with van der Waals surface area (Å²) in [5, 5.41) is 18.7. The Kier molecular flexibility index (Phi) is 5.86. The molecule has 6 nitrogen and oxygen atoms in total.